The summed E-state index contributed by atoms with van der Waals surface area (Å²) in [5, 5.41) is 5.92. The molecular weight excluding hydrogens is 255 g/mol. The van der Waals surface area contributed by atoms with Gasteiger partial charge in [-0.05, 0) is 37.6 Å². The number of carbonyl (C=O) groups is 1. The predicted molar refractivity (Wildman–Crippen MR) is 77.3 cm³/mol. The first-order chi connectivity index (χ1) is 9.54. The van der Waals surface area contributed by atoms with Gasteiger partial charge in [-0.3, -0.25) is 4.79 Å². The van der Waals surface area contributed by atoms with E-state index in [0.717, 1.165) is 16.8 Å². The second kappa shape index (κ2) is 4.63. The Kier molecular flexibility index (Phi) is 2.93. The number of nitrogens with one attached hydrogen (secondary N) is 2. The molecule has 0 bridgehead atoms. The average molecular weight is 270 g/mol. The van der Waals surface area contributed by atoms with Gasteiger partial charge in [-0.25, -0.2) is 4.39 Å². The first-order valence-electron chi connectivity index (χ1n) is 6.49. The molecule has 1 aliphatic rings. The van der Waals surface area contributed by atoms with Gasteiger partial charge in [0.2, 0.25) is 0 Å². The lowest BCUT2D eigenvalue weighted by Gasteiger charge is -2.14. The van der Waals surface area contributed by atoms with E-state index >= 15 is 0 Å². The molecule has 0 radical (unpaired) electrons. The van der Waals surface area contributed by atoms with Crippen LogP contribution in [0.1, 0.15) is 22.7 Å². The average Bonchev–Trinajstić information content (AvgIpc) is 2.70. The molecule has 2 N–H and O–H groups in total. The van der Waals surface area contributed by atoms with Crippen molar-refractivity contribution in [3.8, 4) is 0 Å². The van der Waals surface area contributed by atoms with Crippen LogP contribution in [0.4, 0.5) is 15.8 Å². The highest BCUT2D eigenvalue weighted by molar-refractivity contribution is 6.04. The van der Waals surface area contributed by atoms with Crippen molar-refractivity contribution < 1.29 is 9.18 Å². The molecule has 2 aromatic rings. The molecule has 0 spiro atoms. The van der Waals surface area contributed by atoms with E-state index in [1.54, 1.807) is 19.1 Å². The van der Waals surface area contributed by atoms with Gasteiger partial charge < -0.3 is 10.6 Å². The Labute approximate surface area is 116 Å². The summed E-state index contributed by atoms with van der Waals surface area (Å²) in [7, 11) is 0. The van der Waals surface area contributed by atoms with E-state index in [1.165, 1.54) is 6.07 Å². The van der Waals surface area contributed by atoms with Crippen molar-refractivity contribution in [3.63, 3.8) is 0 Å². The molecular formula is C16H15FN2O. The fraction of sp³-hybridized carbons (Fsp3) is 0.188. The van der Waals surface area contributed by atoms with Gasteiger partial charge in [-0.1, -0.05) is 23.8 Å². The molecule has 0 aliphatic carbocycles. The largest absolute Gasteiger partial charge is 0.370 e. The lowest BCUT2D eigenvalue weighted by atomic mass is 10.0. The number of halogens is 1. The Morgan fingerprint density at radius 3 is 2.70 bits per heavy atom. The van der Waals surface area contributed by atoms with Crippen LogP contribution in [-0.2, 0) is 4.79 Å². The Balaban J connectivity index is 1.93. The highest BCUT2D eigenvalue weighted by atomic mass is 19.1. The minimum atomic E-state index is -0.480. The number of fused-ring (bicyclic) bond motifs is 1. The third-order valence-electron chi connectivity index (χ3n) is 3.52. The van der Waals surface area contributed by atoms with Gasteiger partial charge in [0.1, 0.15) is 11.9 Å². The SMILES string of the molecule is Cc1ccc2c(c1)C(Nc1ccc(C)c(F)c1)C(=O)N2. The summed E-state index contributed by atoms with van der Waals surface area (Å²) < 4.78 is 13.6. The monoisotopic (exact) mass is 270 g/mol. The van der Waals surface area contributed by atoms with E-state index in [2.05, 4.69) is 10.6 Å². The summed E-state index contributed by atoms with van der Waals surface area (Å²) in [4.78, 5) is 12.0. The molecule has 2 aromatic carbocycles. The van der Waals surface area contributed by atoms with Gasteiger partial charge >= 0.3 is 0 Å². The number of hydrogen-bond acceptors (Lipinski definition) is 2. The molecule has 1 unspecified atom stereocenters. The van der Waals surface area contributed by atoms with Gasteiger partial charge in [0.05, 0.1) is 0 Å². The molecule has 0 saturated heterocycles. The number of benzene rings is 2. The quantitative estimate of drug-likeness (QED) is 0.876. The first-order valence-corrected chi connectivity index (χ1v) is 6.49. The van der Waals surface area contributed by atoms with Crippen LogP contribution in [0.15, 0.2) is 36.4 Å². The zero-order valence-corrected chi connectivity index (χ0v) is 11.3. The van der Waals surface area contributed by atoms with Crippen LogP contribution >= 0.6 is 0 Å². The fourth-order valence-corrected chi connectivity index (χ4v) is 2.37. The van der Waals surface area contributed by atoms with Gasteiger partial charge in [0.25, 0.3) is 5.91 Å². The minimum absolute atomic E-state index is 0.119. The van der Waals surface area contributed by atoms with Crippen LogP contribution in [0.3, 0.4) is 0 Å². The molecule has 0 saturated carbocycles. The van der Waals surface area contributed by atoms with Crippen molar-refractivity contribution in [2.24, 2.45) is 0 Å². The van der Waals surface area contributed by atoms with Gasteiger partial charge in [-0.15, -0.1) is 0 Å². The Morgan fingerprint density at radius 1 is 1.15 bits per heavy atom. The second-order valence-electron chi connectivity index (χ2n) is 5.12. The number of carbonyl (C=O) groups excluding carboxylic acids is 1. The van der Waals surface area contributed by atoms with E-state index in [9.17, 15) is 9.18 Å². The molecule has 3 nitrogen and oxygen atoms in total. The summed E-state index contributed by atoms with van der Waals surface area (Å²) in [6, 6.07) is 10.2. The van der Waals surface area contributed by atoms with E-state index in [0.29, 0.717) is 11.3 Å². The third-order valence-corrected chi connectivity index (χ3v) is 3.52. The predicted octanol–water partition coefficient (Wildman–Crippen LogP) is 3.55. The molecule has 1 aliphatic heterocycles. The van der Waals surface area contributed by atoms with Crippen molar-refractivity contribution >= 4 is 17.3 Å². The Morgan fingerprint density at radius 2 is 1.95 bits per heavy atom. The smallest absolute Gasteiger partial charge is 0.251 e. The molecule has 4 heteroatoms. The molecule has 20 heavy (non-hydrogen) atoms. The van der Waals surface area contributed by atoms with E-state index in [-0.39, 0.29) is 11.7 Å². The van der Waals surface area contributed by atoms with Gasteiger partial charge in [-0.2, -0.15) is 0 Å². The zero-order chi connectivity index (χ0) is 14.3. The van der Waals surface area contributed by atoms with Crippen molar-refractivity contribution in [2.45, 2.75) is 19.9 Å². The van der Waals surface area contributed by atoms with E-state index in [4.69, 9.17) is 0 Å². The maximum Gasteiger partial charge on any atom is 0.251 e. The Hall–Kier alpha value is -2.36. The highest BCUT2D eigenvalue weighted by Crippen LogP contribution is 2.34. The van der Waals surface area contributed by atoms with Crippen LogP contribution in [0.25, 0.3) is 0 Å². The minimum Gasteiger partial charge on any atom is -0.370 e. The number of aryl methyl sites for hydroxylation is 2. The molecule has 1 heterocycles. The number of rotatable bonds is 2. The maximum absolute atomic E-state index is 13.6. The van der Waals surface area contributed by atoms with Crippen LogP contribution in [0.2, 0.25) is 0 Å². The first kappa shape index (κ1) is 12.7. The zero-order valence-electron chi connectivity index (χ0n) is 11.3. The number of amides is 1. The van der Waals surface area contributed by atoms with Gasteiger partial charge in [0.15, 0.2) is 0 Å². The molecule has 1 atom stereocenters. The molecule has 0 fully saturated rings. The summed E-state index contributed by atoms with van der Waals surface area (Å²) in [6.07, 6.45) is 0. The molecule has 102 valence electrons. The molecule has 0 aromatic heterocycles. The maximum atomic E-state index is 13.6. The van der Waals surface area contributed by atoms with E-state index < -0.39 is 6.04 Å². The molecule has 3 rings (SSSR count). The van der Waals surface area contributed by atoms with Crippen molar-refractivity contribution in [2.75, 3.05) is 10.6 Å². The summed E-state index contributed by atoms with van der Waals surface area (Å²) in [6.45, 7) is 3.69. The van der Waals surface area contributed by atoms with E-state index in [1.807, 2.05) is 25.1 Å². The second-order valence-corrected chi connectivity index (χ2v) is 5.12. The number of hydrogen-bond donors (Lipinski definition) is 2. The van der Waals surface area contributed by atoms with Crippen LogP contribution in [0.5, 0.6) is 0 Å². The van der Waals surface area contributed by atoms with Crippen molar-refractivity contribution in [3.05, 3.63) is 58.9 Å². The van der Waals surface area contributed by atoms with Crippen LogP contribution < -0.4 is 10.6 Å². The van der Waals surface area contributed by atoms with Crippen LogP contribution in [0, 0.1) is 19.7 Å². The fourth-order valence-electron chi connectivity index (χ4n) is 2.37. The summed E-state index contributed by atoms with van der Waals surface area (Å²) in [5.41, 5.74) is 3.98. The summed E-state index contributed by atoms with van der Waals surface area (Å²) >= 11 is 0. The normalized spacial score (nSPS) is 16.8. The third kappa shape index (κ3) is 2.13. The summed E-state index contributed by atoms with van der Waals surface area (Å²) in [5.74, 6) is -0.399. The topological polar surface area (TPSA) is 41.1 Å². The highest BCUT2D eigenvalue weighted by Gasteiger charge is 2.30. The molecule has 1 amide bonds. The number of anilines is 2. The lowest BCUT2D eigenvalue weighted by Crippen LogP contribution is -2.19. The van der Waals surface area contributed by atoms with Crippen molar-refractivity contribution in [1.82, 2.24) is 0 Å². The standard InChI is InChI=1S/C16H15FN2O/c1-9-3-6-14-12(7-9)15(16(20)19-14)18-11-5-4-10(2)13(17)8-11/h3-8,15,18H,1-2H3,(H,19,20). The van der Waals surface area contributed by atoms with Crippen LogP contribution in [-0.4, -0.2) is 5.91 Å². The van der Waals surface area contributed by atoms with Gasteiger partial charge in [0, 0.05) is 16.9 Å². The Bertz CT molecular complexity index is 697. The lowest BCUT2D eigenvalue weighted by molar-refractivity contribution is -0.116. The van der Waals surface area contributed by atoms with Crippen molar-refractivity contribution in [1.29, 1.82) is 0 Å².